The number of amides is 2. The number of hydrogen-bond acceptors (Lipinski definition) is 5. The lowest BCUT2D eigenvalue weighted by atomic mass is 10.2. The lowest BCUT2D eigenvalue weighted by Gasteiger charge is -2.35. The van der Waals surface area contributed by atoms with E-state index < -0.39 is 21.7 Å². The Bertz CT molecular complexity index is 1300. The molecule has 1 heterocycles. The number of sulfonamides is 1. The summed E-state index contributed by atoms with van der Waals surface area (Å²) in [7, 11) is -3.79. The first kappa shape index (κ1) is 24.4. The van der Waals surface area contributed by atoms with Gasteiger partial charge in [0.2, 0.25) is 15.9 Å². The van der Waals surface area contributed by atoms with Gasteiger partial charge in [0.1, 0.15) is 5.75 Å². The maximum absolute atomic E-state index is 12.9. The van der Waals surface area contributed by atoms with Crippen molar-refractivity contribution < 1.29 is 18.0 Å². The third-order valence-corrected chi connectivity index (χ3v) is 7.58. The van der Waals surface area contributed by atoms with E-state index in [9.17, 15) is 18.0 Å². The second kappa shape index (κ2) is 10.7. The van der Waals surface area contributed by atoms with Crippen molar-refractivity contribution >= 4 is 38.9 Å². The number of aryl methyl sites for hydroxylation is 1. The van der Waals surface area contributed by atoms with E-state index in [-0.39, 0.29) is 5.91 Å². The van der Waals surface area contributed by atoms with Gasteiger partial charge in [-0.05, 0) is 48.9 Å². The minimum atomic E-state index is -3.79. The summed E-state index contributed by atoms with van der Waals surface area (Å²) in [5, 5.41) is 5.40. The first-order valence-corrected chi connectivity index (χ1v) is 13.0. The first-order valence-electron chi connectivity index (χ1n) is 11.4. The second-order valence-electron chi connectivity index (χ2n) is 8.40. The molecule has 0 radical (unpaired) electrons. The van der Waals surface area contributed by atoms with Crippen molar-refractivity contribution in [3.63, 3.8) is 0 Å². The fraction of sp³-hybridized carbons (Fsp3) is 0.231. The van der Waals surface area contributed by atoms with E-state index in [2.05, 4.69) is 21.6 Å². The first-order chi connectivity index (χ1) is 16.8. The number of carbonyl (C=O) groups is 2. The maximum atomic E-state index is 12.9. The zero-order chi connectivity index (χ0) is 24.8. The molecule has 2 N–H and O–H groups in total. The van der Waals surface area contributed by atoms with Crippen molar-refractivity contribution in [2.24, 2.45) is 0 Å². The summed E-state index contributed by atoms with van der Waals surface area (Å²) in [6.45, 7) is 3.76. The molecule has 0 aliphatic carbocycles. The Morgan fingerprint density at radius 2 is 1.43 bits per heavy atom. The zero-order valence-electron chi connectivity index (χ0n) is 19.5. The van der Waals surface area contributed by atoms with Crippen LogP contribution in [0.1, 0.15) is 15.9 Å². The van der Waals surface area contributed by atoms with Gasteiger partial charge in [0, 0.05) is 37.4 Å². The maximum Gasteiger partial charge on any atom is 0.255 e. The van der Waals surface area contributed by atoms with Gasteiger partial charge in [-0.3, -0.25) is 9.59 Å². The monoisotopic (exact) mass is 492 g/mol. The van der Waals surface area contributed by atoms with E-state index >= 15 is 0 Å². The molecule has 0 aromatic heterocycles. The Balaban J connectivity index is 1.36. The molecule has 0 unspecified atom stereocenters. The molecule has 1 saturated heterocycles. The van der Waals surface area contributed by atoms with Gasteiger partial charge in [0.05, 0.1) is 11.4 Å². The fourth-order valence-electron chi connectivity index (χ4n) is 3.98. The van der Waals surface area contributed by atoms with E-state index in [1.54, 1.807) is 48.5 Å². The van der Waals surface area contributed by atoms with Crippen molar-refractivity contribution in [1.29, 1.82) is 0 Å². The van der Waals surface area contributed by atoms with Crippen LogP contribution in [0.15, 0.2) is 78.9 Å². The number of anilines is 3. The largest absolute Gasteiger partial charge is 0.369 e. The van der Waals surface area contributed by atoms with Gasteiger partial charge in [-0.15, -0.1) is 0 Å². The van der Waals surface area contributed by atoms with Gasteiger partial charge < -0.3 is 15.5 Å². The van der Waals surface area contributed by atoms with Crippen molar-refractivity contribution in [1.82, 2.24) is 4.31 Å². The molecule has 1 aliphatic rings. The Kier molecular flexibility index (Phi) is 7.48. The van der Waals surface area contributed by atoms with E-state index in [0.29, 0.717) is 43.1 Å². The molecular formula is C26H28N4O4S. The molecule has 9 heteroatoms. The SMILES string of the molecule is Cc1cccc(N2CCN(S(=O)(=O)CC(=O)Nc3ccccc3NC(=O)c3ccccc3)CC2)c1. The highest BCUT2D eigenvalue weighted by Gasteiger charge is 2.29. The number of nitrogens with one attached hydrogen (secondary N) is 2. The summed E-state index contributed by atoms with van der Waals surface area (Å²) >= 11 is 0. The van der Waals surface area contributed by atoms with E-state index in [0.717, 1.165) is 11.3 Å². The van der Waals surface area contributed by atoms with Crippen LogP contribution in [0.2, 0.25) is 0 Å². The molecule has 4 rings (SSSR count). The van der Waals surface area contributed by atoms with Crippen LogP contribution in [0.25, 0.3) is 0 Å². The molecule has 3 aromatic carbocycles. The molecule has 0 saturated carbocycles. The second-order valence-corrected chi connectivity index (χ2v) is 10.4. The van der Waals surface area contributed by atoms with Crippen molar-refractivity contribution in [2.75, 3.05) is 47.5 Å². The van der Waals surface area contributed by atoms with Crippen molar-refractivity contribution in [3.8, 4) is 0 Å². The van der Waals surface area contributed by atoms with E-state index in [4.69, 9.17) is 0 Å². The van der Waals surface area contributed by atoms with Crippen LogP contribution in [0.3, 0.4) is 0 Å². The van der Waals surface area contributed by atoms with Crippen LogP contribution in [0, 0.1) is 6.92 Å². The number of hydrogen-bond donors (Lipinski definition) is 2. The fourth-order valence-corrected chi connectivity index (χ4v) is 5.28. The molecule has 1 aliphatic heterocycles. The smallest absolute Gasteiger partial charge is 0.255 e. The number of piperazine rings is 1. The van der Waals surface area contributed by atoms with E-state index in [1.807, 2.05) is 31.2 Å². The van der Waals surface area contributed by atoms with Crippen LogP contribution in [-0.2, 0) is 14.8 Å². The highest BCUT2D eigenvalue weighted by Crippen LogP contribution is 2.23. The average molecular weight is 493 g/mol. The van der Waals surface area contributed by atoms with Gasteiger partial charge in [-0.2, -0.15) is 4.31 Å². The van der Waals surface area contributed by atoms with Gasteiger partial charge >= 0.3 is 0 Å². The number of para-hydroxylation sites is 2. The predicted octanol–water partition coefficient (Wildman–Crippen LogP) is 3.34. The molecule has 35 heavy (non-hydrogen) atoms. The normalized spacial score (nSPS) is 14.4. The molecule has 8 nitrogen and oxygen atoms in total. The van der Waals surface area contributed by atoms with Crippen LogP contribution in [0.4, 0.5) is 17.1 Å². The van der Waals surface area contributed by atoms with E-state index in [1.165, 1.54) is 4.31 Å². The molecular weight excluding hydrogens is 464 g/mol. The number of benzene rings is 3. The Morgan fingerprint density at radius 3 is 2.09 bits per heavy atom. The topological polar surface area (TPSA) is 98.8 Å². The highest BCUT2D eigenvalue weighted by atomic mass is 32.2. The summed E-state index contributed by atoms with van der Waals surface area (Å²) in [5.74, 6) is -1.66. The minimum Gasteiger partial charge on any atom is -0.369 e. The van der Waals surface area contributed by atoms with Crippen LogP contribution >= 0.6 is 0 Å². The molecule has 0 atom stereocenters. The molecule has 2 amide bonds. The highest BCUT2D eigenvalue weighted by molar-refractivity contribution is 7.89. The Hall–Kier alpha value is -3.69. The molecule has 3 aromatic rings. The molecule has 182 valence electrons. The summed E-state index contributed by atoms with van der Waals surface area (Å²) in [6, 6.07) is 23.5. The Labute approximate surface area is 205 Å². The molecule has 0 bridgehead atoms. The third kappa shape index (κ3) is 6.26. The zero-order valence-corrected chi connectivity index (χ0v) is 20.3. The van der Waals surface area contributed by atoms with Crippen LogP contribution in [0.5, 0.6) is 0 Å². The Morgan fingerprint density at radius 1 is 0.800 bits per heavy atom. The van der Waals surface area contributed by atoms with Gasteiger partial charge in [-0.25, -0.2) is 8.42 Å². The summed E-state index contributed by atoms with van der Waals surface area (Å²) in [5.41, 5.74) is 3.41. The number of carbonyl (C=O) groups excluding carboxylic acids is 2. The summed E-state index contributed by atoms with van der Waals surface area (Å²) in [4.78, 5) is 27.3. The summed E-state index contributed by atoms with van der Waals surface area (Å²) < 4.78 is 27.2. The quantitative estimate of drug-likeness (QED) is 0.527. The minimum absolute atomic E-state index is 0.313. The average Bonchev–Trinajstić information content (AvgIpc) is 2.85. The standard InChI is InChI=1S/C26H28N4O4S/c1-20-8-7-11-22(18-20)29-14-16-30(17-15-29)35(33,34)19-25(31)27-23-12-5-6-13-24(23)28-26(32)21-9-3-2-4-10-21/h2-13,18H,14-17,19H2,1H3,(H,27,31)(H,28,32). The summed E-state index contributed by atoms with van der Waals surface area (Å²) in [6.07, 6.45) is 0. The van der Waals surface area contributed by atoms with Crippen molar-refractivity contribution in [2.45, 2.75) is 6.92 Å². The van der Waals surface area contributed by atoms with Crippen LogP contribution < -0.4 is 15.5 Å². The number of nitrogens with zero attached hydrogens (tertiary/aromatic N) is 2. The van der Waals surface area contributed by atoms with Gasteiger partial charge in [-0.1, -0.05) is 42.5 Å². The third-order valence-electron chi connectivity index (χ3n) is 5.80. The van der Waals surface area contributed by atoms with Gasteiger partial charge in [0.15, 0.2) is 0 Å². The van der Waals surface area contributed by atoms with Crippen LogP contribution in [-0.4, -0.2) is 56.5 Å². The number of rotatable bonds is 7. The lowest BCUT2D eigenvalue weighted by Crippen LogP contribution is -2.50. The van der Waals surface area contributed by atoms with Gasteiger partial charge in [0.25, 0.3) is 5.91 Å². The molecule has 0 spiro atoms. The predicted molar refractivity (Wildman–Crippen MR) is 138 cm³/mol. The molecule has 1 fully saturated rings. The lowest BCUT2D eigenvalue weighted by molar-refractivity contribution is -0.113. The van der Waals surface area contributed by atoms with Crippen molar-refractivity contribution in [3.05, 3.63) is 90.0 Å².